The molecule has 0 saturated heterocycles. The van der Waals surface area contributed by atoms with Crippen molar-refractivity contribution in [2.75, 3.05) is 0 Å². The van der Waals surface area contributed by atoms with Crippen molar-refractivity contribution in [3.63, 3.8) is 0 Å². The molecule has 4 aromatic carbocycles. The molecule has 3 heteroatoms. The van der Waals surface area contributed by atoms with Crippen molar-refractivity contribution >= 4 is 9.03 Å². The lowest BCUT2D eigenvalue weighted by molar-refractivity contribution is 0.513. The lowest BCUT2D eigenvalue weighted by atomic mass is 9.69. The van der Waals surface area contributed by atoms with Gasteiger partial charge in [0.2, 0.25) is 0 Å². The number of fused-ring (bicyclic) bond motifs is 4. The summed E-state index contributed by atoms with van der Waals surface area (Å²) in [5.74, 6) is 0. The zero-order valence-corrected chi connectivity index (χ0v) is 29.3. The van der Waals surface area contributed by atoms with Gasteiger partial charge in [-0.3, -0.25) is 0 Å². The summed E-state index contributed by atoms with van der Waals surface area (Å²) in [6.07, 6.45) is 0. The average molecular weight is 595 g/mol. The Morgan fingerprint density at radius 3 is 1.19 bits per heavy atom. The van der Waals surface area contributed by atoms with Gasteiger partial charge < -0.3 is 9.79 Å². The molecule has 0 amide bonds. The van der Waals surface area contributed by atoms with Gasteiger partial charge in [0.05, 0.1) is 0 Å². The summed E-state index contributed by atoms with van der Waals surface area (Å²) in [5.41, 5.74) is 16.8. The van der Waals surface area contributed by atoms with E-state index in [0.717, 1.165) is 0 Å². The fourth-order valence-electron chi connectivity index (χ4n) is 6.20. The first-order chi connectivity index (χ1) is 19.8. The number of benzene rings is 4. The van der Waals surface area contributed by atoms with Gasteiger partial charge >= 0.3 is 0 Å². The highest BCUT2D eigenvalue weighted by Crippen LogP contribution is 2.56. The number of rotatable bonds is 2. The summed E-state index contributed by atoms with van der Waals surface area (Å²) in [6, 6.07) is 28.2. The van der Waals surface area contributed by atoms with E-state index in [0.29, 0.717) is 0 Å². The lowest BCUT2D eigenvalue weighted by Gasteiger charge is -2.34. The van der Waals surface area contributed by atoms with E-state index in [4.69, 9.17) is 9.79 Å². The molecule has 1 aliphatic carbocycles. The molecule has 0 aromatic heterocycles. The molecule has 0 heterocycles. The molecule has 1 aliphatic rings. The molecule has 0 radical (unpaired) electrons. The maximum absolute atomic E-state index is 7.15. The Kier molecular flexibility index (Phi) is 8.96. The third-order valence-corrected chi connectivity index (χ3v) is 8.64. The molecule has 0 atom stereocenters. The highest BCUT2D eigenvalue weighted by atomic mass is 31.1. The van der Waals surface area contributed by atoms with E-state index in [-0.39, 0.29) is 21.7 Å². The van der Waals surface area contributed by atoms with E-state index in [1.54, 1.807) is 0 Å². The van der Waals surface area contributed by atoms with E-state index in [1.807, 2.05) is 0 Å². The Bertz CT molecular complexity index is 1630. The molecule has 0 unspecified atom stereocenters. The van der Waals surface area contributed by atoms with Gasteiger partial charge in [-0.25, -0.2) is 0 Å². The highest BCUT2D eigenvalue weighted by Gasteiger charge is 2.33. The SMILES string of the molecule is CC(C)(C)c1ccc(-c2ccc3c(c2-c2ccc(C(C)(C)C)cc2C(C)(C)C)-c2ccccc2-3)c(C(C)(C)C)c1.OPO. The summed E-state index contributed by atoms with van der Waals surface area (Å²) in [5, 5.41) is 0. The molecule has 0 fully saturated rings. The Balaban J connectivity index is 0.00000135. The van der Waals surface area contributed by atoms with Crippen LogP contribution in [-0.2, 0) is 21.7 Å². The first-order valence-electron chi connectivity index (χ1n) is 15.4. The Labute approximate surface area is 262 Å². The lowest BCUT2D eigenvalue weighted by Crippen LogP contribution is -2.19. The quantitative estimate of drug-likeness (QED) is 0.200. The van der Waals surface area contributed by atoms with Crippen LogP contribution >= 0.6 is 9.03 Å². The molecule has 0 aliphatic heterocycles. The normalized spacial score (nSPS) is 13.0. The van der Waals surface area contributed by atoms with Crippen molar-refractivity contribution in [3.8, 4) is 44.5 Å². The maximum atomic E-state index is 7.15. The van der Waals surface area contributed by atoms with Crippen molar-refractivity contribution in [3.05, 3.63) is 95.1 Å². The molecule has 0 saturated carbocycles. The third-order valence-electron chi connectivity index (χ3n) is 8.64. The molecule has 0 spiro atoms. The molecule has 4 aromatic rings. The monoisotopic (exact) mass is 594 g/mol. The van der Waals surface area contributed by atoms with Crippen molar-refractivity contribution in [2.45, 2.75) is 105 Å². The molecule has 2 N–H and O–H groups in total. The second-order valence-corrected chi connectivity index (χ2v) is 16.3. The minimum Gasteiger partial charge on any atom is -0.352 e. The summed E-state index contributed by atoms with van der Waals surface area (Å²) in [6.45, 7) is 28.0. The van der Waals surface area contributed by atoms with Gasteiger partial charge in [0.1, 0.15) is 9.03 Å². The average Bonchev–Trinajstić information content (AvgIpc) is 2.88. The minimum absolute atomic E-state index is 0.00278. The second-order valence-electron chi connectivity index (χ2n) is 16.1. The molecule has 2 nitrogen and oxygen atoms in total. The van der Waals surface area contributed by atoms with Crippen LogP contribution in [0.5, 0.6) is 0 Å². The van der Waals surface area contributed by atoms with Gasteiger partial charge in [-0.15, -0.1) is 0 Å². The molecular weight excluding hydrogens is 543 g/mol. The number of hydrogen-bond acceptors (Lipinski definition) is 2. The van der Waals surface area contributed by atoms with Gasteiger partial charge in [-0.2, -0.15) is 0 Å². The van der Waals surface area contributed by atoms with E-state index in [2.05, 4.69) is 156 Å². The van der Waals surface area contributed by atoms with Crippen LogP contribution in [0.3, 0.4) is 0 Å². The standard InChI is InChI=1S/C40H48.H3O2P/c1-37(2,3)25-17-19-28(33(23-25)39(7,8)9)31-22-21-30-27-15-13-14-16-29(27)35(30)36(31)32-20-18-26(38(4,5)6)24-34(32)40(10,11)12;1-3-2/h13-24H,1-12H3;1-3H. The summed E-state index contributed by atoms with van der Waals surface area (Å²) >= 11 is 0. The highest BCUT2D eigenvalue weighted by molar-refractivity contribution is 7.23. The van der Waals surface area contributed by atoms with Crippen molar-refractivity contribution in [1.29, 1.82) is 0 Å². The maximum Gasteiger partial charge on any atom is 0.149 e. The topological polar surface area (TPSA) is 40.5 Å². The van der Waals surface area contributed by atoms with E-state index in [1.165, 1.54) is 66.8 Å². The molecule has 43 heavy (non-hydrogen) atoms. The van der Waals surface area contributed by atoms with Gasteiger partial charge in [-0.1, -0.05) is 156 Å². The van der Waals surface area contributed by atoms with Crippen LogP contribution in [0, 0.1) is 0 Å². The molecule has 5 rings (SSSR count). The Morgan fingerprint density at radius 2 is 0.744 bits per heavy atom. The second kappa shape index (κ2) is 11.6. The molecular formula is C40H51O2P. The zero-order chi connectivity index (χ0) is 32.1. The summed E-state index contributed by atoms with van der Waals surface area (Å²) in [7, 11) is -0.917. The van der Waals surface area contributed by atoms with Gasteiger partial charge in [-0.05, 0) is 88.4 Å². The predicted octanol–water partition coefficient (Wildman–Crippen LogP) is 11.3. The molecule has 0 bridgehead atoms. The Hall–Kier alpha value is -2.77. The van der Waals surface area contributed by atoms with Crippen LogP contribution in [0.15, 0.2) is 72.8 Å². The van der Waals surface area contributed by atoms with Crippen LogP contribution in [0.4, 0.5) is 0 Å². The fourth-order valence-corrected chi connectivity index (χ4v) is 6.20. The van der Waals surface area contributed by atoms with E-state index < -0.39 is 9.03 Å². The summed E-state index contributed by atoms with van der Waals surface area (Å²) < 4.78 is 0. The van der Waals surface area contributed by atoms with Gasteiger partial charge in [0, 0.05) is 0 Å². The van der Waals surface area contributed by atoms with E-state index >= 15 is 0 Å². The molecule has 228 valence electrons. The largest absolute Gasteiger partial charge is 0.352 e. The van der Waals surface area contributed by atoms with Crippen LogP contribution in [0.1, 0.15) is 105 Å². The minimum atomic E-state index is -0.917. The van der Waals surface area contributed by atoms with Crippen LogP contribution in [0.2, 0.25) is 0 Å². The van der Waals surface area contributed by atoms with Gasteiger partial charge in [0.25, 0.3) is 0 Å². The van der Waals surface area contributed by atoms with E-state index in [9.17, 15) is 0 Å². The van der Waals surface area contributed by atoms with Gasteiger partial charge in [0.15, 0.2) is 0 Å². The number of hydrogen-bond donors (Lipinski definition) is 2. The third kappa shape index (κ3) is 6.53. The van der Waals surface area contributed by atoms with Crippen LogP contribution in [0.25, 0.3) is 44.5 Å². The summed E-state index contributed by atoms with van der Waals surface area (Å²) in [4.78, 5) is 14.3. The van der Waals surface area contributed by atoms with Crippen molar-refractivity contribution < 1.29 is 9.79 Å². The first-order valence-corrected chi connectivity index (χ1v) is 16.3. The Morgan fingerprint density at radius 1 is 0.395 bits per heavy atom. The zero-order valence-electron chi connectivity index (χ0n) is 28.3. The smallest absolute Gasteiger partial charge is 0.149 e. The van der Waals surface area contributed by atoms with Crippen molar-refractivity contribution in [1.82, 2.24) is 0 Å². The first kappa shape index (κ1) is 33.1. The van der Waals surface area contributed by atoms with Crippen LogP contribution < -0.4 is 0 Å². The fraction of sp³-hybridized carbons (Fsp3) is 0.400. The van der Waals surface area contributed by atoms with Crippen molar-refractivity contribution in [2.24, 2.45) is 0 Å². The predicted molar refractivity (Wildman–Crippen MR) is 189 cm³/mol. The van der Waals surface area contributed by atoms with Crippen LogP contribution in [-0.4, -0.2) is 9.79 Å².